The quantitative estimate of drug-likeness (QED) is 0.406. The second-order valence-electron chi connectivity index (χ2n) is 5.28. The Kier molecular flexibility index (Phi) is 9.73. The minimum atomic E-state index is 0. The van der Waals surface area contributed by atoms with E-state index in [1.807, 2.05) is 36.0 Å². The van der Waals surface area contributed by atoms with Crippen LogP contribution in [0, 0.1) is 0 Å². The monoisotopic (exact) mass is 441 g/mol. The second-order valence-corrected chi connectivity index (χ2v) is 7.20. The van der Waals surface area contributed by atoms with Crippen LogP contribution in [-0.4, -0.2) is 30.6 Å². The number of nitrogens with one attached hydrogen (secondary N) is 2. The maximum atomic E-state index is 6.21. The molecule has 0 aliphatic carbocycles. The van der Waals surface area contributed by atoms with Gasteiger partial charge in [0.2, 0.25) is 0 Å². The van der Waals surface area contributed by atoms with Crippen LogP contribution in [0.25, 0.3) is 0 Å². The molecule has 3 nitrogen and oxygen atoms in total. The molecule has 0 spiro atoms. The van der Waals surface area contributed by atoms with E-state index in [-0.39, 0.29) is 34.8 Å². The Hall–Kier alpha value is -0.140. The van der Waals surface area contributed by atoms with E-state index < -0.39 is 0 Å². The van der Waals surface area contributed by atoms with Crippen LogP contribution >= 0.6 is 47.3 Å². The van der Waals surface area contributed by atoms with Gasteiger partial charge in [-0.05, 0) is 38.7 Å². The molecule has 21 heavy (non-hydrogen) atoms. The highest BCUT2D eigenvalue weighted by Crippen LogP contribution is 2.22. The maximum absolute atomic E-state index is 6.21. The van der Waals surface area contributed by atoms with Gasteiger partial charge in [0, 0.05) is 23.4 Å². The zero-order chi connectivity index (χ0) is 15.2. The number of hydrogen-bond acceptors (Lipinski definition) is 2. The zero-order valence-corrected chi connectivity index (χ0v) is 17.1. The van der Waals surface area contributed by atoms with E-state index in [9.17, 15) is 0 Å². The van der Waals surface area contributed by atoms with Crippen LogP contribution in [0.4, 0.5) is 0 Å². The second kappa shape index (κ2) is 9.79. The molecule has 0 heterocycles. The first-order valence-corrected chi connectivity index (χ1v) is 8.26. The maximum Gasteiger partial charge on any atom is 0.191 e. The van der Waals surface area contributed by atoms with Crippen LogP contribution in [0.1, 0.15) is 32.4 Å². The van der Waals surface area contributed by atoms with E-state index in [0.717, 1.165) is 23.1 Å². The van der Waals surface area contributed by atoms with Gasteiger partial charge >= 0.3 is 0 Å². The first kappa shape index (κ1) is 20.9. The Balaban J connectivity index is 0.00000400. The standard InChI is InChI=1S/C15H24ClN3S.HI/c1-11(12-8-6-7-9-13(12)16)19-14(17-4)18-10-15(2,3)20-5;/h6-9,11H,10H2,1-5H3,(H2,17,18,19);1H. The van der Waals surface area contributed by atoms with E-state index in [1.54, 1.807) is 7.05 Å². The lowest BCUT2D eigenvalue weighted by Gasteiger charge is -2.25. The molecule has 1 aromatic carbocycles. The third-order valence-electron chi connectivity index (χ3n) is 3.18. The molecule has 0 fully saturated rings. The molecule has 0 aromatic heterocycles. The van der Waals surface area contributed by atoms with Gasteiger partial charge in [-0.25, -0.2) is 0 Å². The average molecular weight is 442 g/mol. The Morgan fingerprint density at radius 1 is 1.38 bits per heavy atom. The van der Waals surface area contributed by atoms with Gasteiger partial charge in [-0.15, -0.1) is 24.0 Å². The fourth-order valence-corrected chi connectivity index (χ4v) is 2.19. The summed E-state index contributed by atoms with van der Waals surface area (Å²) >= 11 is 8.05. The topological polar surface area (TPSA) is 36.4 Å². The summed E-state index contributed by atoms with van der Waals surface area (Å²) in [5.74, 6) is 0.791. The summed E-state index contributed by atoms with van der Waals surface area (Å²) in [7, 11) is 1.78. The summed E-state index contributed by atoms with van der Waals surface area (Å²) < 4.78 is 0.172. The van der Waals surface area contributed by atoms with Crippen molar-refractivity contribution in [3.8, 4) is 0 Å². The van der Waals surface area contributed by atoms with Crippen molar-refractivity contribution in [1.82, 2.24) is 10.6 Å². The van der Waals surface area contributed by atoms with E-state index in [1.165, 1.54) is 0 Å². The van der Waals surface area contributed by atoms with Crippen LogP contribution < -0.4 is 10.6 Å². The molecule has 120 valence electrons. The normalized spacial score (nSPS) is 13.3. The first-order valence-electron chi connectivity index (χ1n) is 6.66. The van der Waals surface area contributed by atoms with E-state index in [2.05, 4.69) is 42.7 Å². The number of benzene rings is 1. The third kappa shape index (κ3) is 7.10. The van der Waals surface area contributed by atoms with E-state index in [0.29, 0.717) is 0 Å². The summed E-state index contributed by atoms with van der Waals surface area (Å²) in [5, 5.41) is 7.49. The zero-order valence-electron chi connectivity index (χ0n) is 13.2. The number of halogens is 2. The lowest BCUT2D eigenvalue weighted by molar-refractivity contribution is 0.639. The Bertz CT molecular complexity index is 466. The minimum absolute atomic E-state index is 0. The van der Waals surface area contributed by atoms with Gasteiger partial charge in [0.25, 0.3) is 0 Å². The molecule has 0 aliphatic heterocycles. The number of rotatable bonds is 5. The predicted molar refractivity (Wildman–Crippen MR) is 107 cm³/mol. The molecule has 1 aromatic rings. The predicted octanol–water partition coefficient (Wildman–Crippen LogP) is 4.33. The SMILES string of the molecule is CN=C(NCC(C)(C)SC)NC(C)c1ccccc1Cl.I. The van der Waals surface area contributed by atoms with Gasteiger partial charge in [-0.2, -0.15) is 11.8 Å². The van der Waals surface area contributed by atoms with Crippen LogP contribution in [0.3, 0.4) is 0 Å². The number of guanidine groups is 1. The number of hydrogen-bond donors (Lipinski definition) is 2. The van der Waals surface area contributed by atoms with Crippen molar-refractivity contribution < 1.29 is 0 Å². The summed E-state index contributed by atoms with van der Waals surface area (Å²) in [6.07, 6.45) is 2.12. The molecule has 1 unspecified atom stereocenters. The van der Waals surface area contributed by atoms with Crippen LogP contribution in [0.5, 0.6) is 0 Å². The highest BCUT2D eigenvalue weighted by atomic mass is 127. The van der Waals surface area contributed by atoms with E-state index in [4.69, 9.17) is 11.6 Å². The largest absolute Gasteiger partial charge is 0.355 e. The summed E-state index contributed by atoms with van der Waals surface area (Å²) in [6, 6.07) is 7.97. The van der Waals surface area contributed by atoms with Crippen molar-refractivity contribution in [2.24, 2.45) is 4.99 Å². The molecule has 0 radical (unpaired) electrons. The smallest absolute Gasteiger partial charge is 0.191 e. The highest BCUT2D eigenvalue weighted by Gasteiger charge is 2.17. The average Bonchev–Trinajstić information content (AvgIpc) is 2.43. The van der Waals surface area contributed by atoms with Crippen LogP contribution in [0.2, 0.25) is 5.02 Å². The summed E-state index contributed by atoms with van der Waals surface area (Å²) in [5.41, 5.74) is 1.07. The molecule has 0 saturated heterocycles. The highest BCUT2D eigenvalue weighted by molar-refractivity contribution is 14.0. The fourth-order valence-electron chi connectivity index (χ4n) is 1.67. The molecule has 1 atom stereocenters. The molecular weight excluding hydrogens is 417 g/mol. The fraction of sp³-hybridized carbons (Fsp3) is 0.533. The van der Waals surface area contributed by atoms with Gasteiger partial charge < -0.3 is 10.6 Å². The molecule has 6 heteroatoms. The number of thioether (sulfide) groups is 1. The third-order valence-corrected chi connectivity index (χ3v) is 4.78. The van der Waals surface area contributed by atoms with Gasteiger partial charge in [-0.3, -0.25) is 4.99 Å². The first-order chi connectivity index (χ1) is 9.39. The van der Waals surface area contributed by atoms with Crippen molar-refractivity contribution in [3.05, 3.63) is 34.9 Å². The van der Waals surface area contributed by atoms with Gasteiger partial charge in [0.05, 0.1) is 6.04 Å². The minimum Gasteiger partial charge on any atom is -0.355 e. The van der Waals surface area contributed by atoms with Crippen LogP contribution in [0.15, 0.2) is 29.3 Å². The Labute approximate surface area is 154 Å². The summed E-state index contributed by atoms with van der Waals surface area (Å²) in [4.78, 5) is 4.26. The Morgan fingerprint density at radius 3 is 2.52 bits per heavy atom. The lowest BCUT2D eigenvalue weighted by atomic mass is 10.1. The van der Waals surface area contributed by atoms with Gasteiger partial charge in [0.1, 0.15) is 0 Å². The van der Waals surface area contributed by atoms with Crippen molar-refractivity contribution >= 4 is 53.3 Å². The lowest BCUT2D eigenvalue weighted by Crippen LogP contribution is -2.44. The molecule has 0 saturated carbocycles. The number of aliphatic imine (C=N–C) groups is 1. The molecule has 0 bridgehead atoms. The molecular formula is C15H25ClIN3S. The molecule has 1 rings (SSSR count). The van der Waals surface area contributed by atoms with E-state index >= 15 is 0 Å². The van der Waals surface area contributed by atoms with Crippen molar-refractivity contribution in [2.45, 2.75) is 31.6 Å². The van der Waals surface area contributed by atoms with Crippen LogP contribution in [-0.2, 0) is 0 Å². The van der Waals surface area contributed by atoms with Crippen molar-refractivity contribution in [3.63, 3.8) is 0 Å². The molecule has 2 N–H and O–H groups in total. The molecule has 0 amide bonds. The molecule has 0 aliphatic rings. The number of nitrogens with zero attached hydrogens (tertiary/aromatic N) is 1. The van der Waals surface area contributed by atoms with Gasteiger partial charge in [0.15, 0.2) is 5.96 Å². The Morgan fingerprint density at radius 2 is 2.00 bits per heavy atom. The summed E-state index contributed by atoms with van der Waals surface area (Å²) in [6.45, 7) is 7.34. The van der Waals surface area contributed by atoms with Gasteiger partial charge in [-0.1, -0.05) is 29.8 Å². The van der Waals surface area contributed by atoms with Crippen molar-refractivity contribution in [1.29, 1.82) is 0 Å². The van der Waals surface area contributed by atoms with Crippen molar-refractivity contribution in [2.75, 3.05) is 19.8 Å².